The summed E-state index contributed by atoms with van der Waals surface area (Å²) in [6.45, 7) is 0.336. The lowest BCUT2D eigenvalue weighted by Gasteiger charge is -2.08. The summed E-state index contributed by atoms with van der Waals surface area (Å²) < 4.78 is 1.22. The van der Waals surface area contributed by atoms with Gasteiger partial charge in [0.15, 0.2) is 0 Å². The van der Waals surface area contributed by atoms with Crippen molar-refractivity contribution in [3.05, 3.63) is 34.2 Å². The molecule has 84 valence electrons. The predicted octanol–water partition coefficient (Wildman–Crippen LogP) is 1.24. The molecule has 0 spiro atoms. The predicted molar refractivity (Wildman–Crippen MR) is 57.1 cm³/mol. The van der Waals surface area contributed by atoms with Gasteiger partial charge in [-0.1, -0.05) is 6.07 Å². The van der Waals surface area contributed by atoms with Gasteiger partial charge in [-0.25, -0.2) is 4.79 Å². The SMILES string of the molecule is N#CCCCCn1c(C(=O)O)cccc1=O. The van der Waals surface area contributed by atoms with E-state index in [0.29, 0.717) is 25.8 Å². The van der Waals surface area contributed by atoms with E-state index in [1.54, 1.807) is 0 Å². The van der Waals surface area contributed by atoms with E-state index >= 15 is 0 Å². The van der Waals surface area contributed by atoms with Gasteiger partial charge in [0.2, 0.25) is 0 Å². The van der Waals surface area contributed by atoms with Crippen LogP contribution < -0.4 is 5.56 Å². The van der Waals surface area contributed by atoms with Crippen LogP contribution in [0.4, 0.5) is 0 Å². The van der Waals surface area contributed by atoms with Crippen LogP contribution in [0.25, 0.3) is 0 Å². The van der Waals surface area contributed by atoms with Gasteiger partial charge >= 0.3 is 5.97 Å². The third kappa shape index (κ3) is 2.95. The highest BCUT2D eigenvalue weighted by molar-refractivity contribution is 5.85. The van der Waals surface area contributed by atoms with E-state index in [4.69, 9.17) is 10.4 Å². The first-order valence-electron chi connectivity index (χ1n) is 4.97. The summed E-state index contributed by atoms with van der Waals surface area (Å²) in [5, 5.41) is 17.2. The van der Waals surface area contributed by atoms with Gasteiger partial charge in [0.05, 0.1) is 6.07 Å². The average Bonchev–Trinajstić information content (AvgIpc) is 2.25. The van der Waals surface area contributed by atoms with Crippen molar-refractivity contribution in [1.29, 1.82) is 5.26 Å². The van der Waals surface area contributed by atoms with Gasteiger partial charge < -0.3 is 9.67 Å². The summed E-state index contributed by atoms with van der Waals surface area (Å²) in [6.07, 6.45) is 1.71. The van der Waals surface area contributed by atoms with Crippen LogP contribution in [-0.2, 0) is 6.54 Å². The molecule has 0 atom stereocenters. The van der Waals surface area contributed by atoms with Crippen molar-refractivity contribution in [1.82, 2.24) is 4.57 Å². The van der Waals surface area contributed by atoms with E-state index in [0.717, 1.165) is 0 Å². The Balaban J connectivity index is 2.82. The molecule has 5 nitrogen and oxygen atoms in total. The number of nitrogens with zero attached hydrogens (tertiary/aromatic N) is 2. The van der Waals surface area contributed by atoms with Gasteiger partial charge in [-0.3, -0.25) is 4.79 Å². The first kappa shape index (κ1) is 12.0. The van der Waals surface area contributed by atoms with Gasteiger partial charge in [0.1, 0.15) is 5.69 Å². The third-order valence-corrected chi connectivity index (χ3v) is 2.19. The highest BCUT2D eigenvalue weighted by Gasteiger charge is 2.09. The molecular weight excluding hydrogens is 208 g/mol. The number of hydrogen-bond acceptors (Lipinski definition) is 3. The molecule has 1 N–H and O–H groups in total. The molecule has 1 aromatic heterocycles. The largest absolute Gasteiger partial charge is 0.477 e. The highest BCUT2D eigenvalue weighted by atomic mass is 16.4. The second-order valence-corrected chi connectivity index (χ2v) is 3.32. The van der Waals surface area contributed by atoms with E-state index in [2.05, 4.69) is 0 Å². The second-order valence-electron chi connectivity index (χ2n) is 3.32. The first-order valence-corrected chi connectivity index (χ1v) is 4.97. The lowest BCUT2D eigenvalue weighted by molar-refractivity contribution is 0.0683. The fraction of sp³-hybridized carbons (Fsp3) is 0.364. The Hall–Kier alpha value is -2.09. The zero-order valence-corrected chi connectivity index (χ0v) is 8.72. The molecule has 0 aliphatic heterocycles. The number of unbranched alkanes of at least 4 members (excludes halogenated alkanes) is 2. The first-order chi connectivity index (χ1) is 7.66. The number of carbonyl (C=O) groups is 1. The van der Waals surface area contributed by atoms with Crippen LogP contribution in [0.3, 0.4) is 0 Å². The normalized spacial score (nSPS) is 9.69. The van der Waals surface area contributed by atoms with E-state index in [-0.39, 0.29) is 11.3 Å². The van der Waals surface area contributed by atoms with Gasteiger partial charge in [0.25, 0.3) is 5.56 Å². The molecule has 16 heavy (non-hydrogen) atoms. The minimum atomic E-state index is -1.11. The number of hydrogen-bond donors (Lipinski definition) is 1. The number of carboxylic acid groups (broad SMARTS) is 1. The van der Waals surface area contributed by atoms with Gasteiger partial charge in [-0.05, 0) is 18.9 Å². The van der Waals surface area contributed by atoms with Crippen molar-refractivity contribution in [3.63, 3.8) is 0 Å². The standard InChI is InChI=1S/C11H12N2O3/c12-7-2-1-3-8-13-9(11(15)16)5-4-6-10(13)14/h4-6H,1-3,8H2,(H,15,16). The van der Waals surface area contributed by atoms with Crippen molar-refractivity contribution in [3.8, 4) is 6.07 Å². The highest BCUT2D eigenvalue weighted by Crippen LogP contribution is 2.01. The molecule has 0 aliphatic rings. The van der Waals surface area contributed by atoms with E-state index in [1.165, 1.54) is 22.8 Å². The Morgan fingerprint density at radius 1 is 1.44 bits per heavy atom. The van der Waals surface area contributed by atoms with Gasteiger partial charge in [0, 0.05) is 19.0 Å². The molecule has 0 bridgehead atoms. The van der Waals surface area contributed by atoms with E-state index in [9.17, 15) is 9.59 Å². The number of aromatic nitrogens is 1. The molecule has 0 saturated carbocycles. The lowest BCUT2D eigenvalue weighted by Crippen LogP contribution is -2.24. The minimum absolute atomic E-state index is 0.00976. The summed E-state index contributed by atoms with van der Waals surface area (Å²) in [5.74, 6) is -1.11. The molecule has 0 fully saturated rings. The number of rotatable bonds is 5. The van der Waals surface area contributed by atoms with Crippen molar-refractivity contribution < 1.29 is 9.90 Å². The van der Waals surface area contributed by atoms with E-state index < -0.39 is 5.97 Å². The zero-order valence-electron chi connectivity index (χ0n) is 8.72. The second kappa shape index (κ2) is 5.71. The minimum Gasteiger partial charge on any atom is -0.477 e. The Morgan fingerprint density at radius 3 is 2.81 bits per heavy atom. The number of nitriles is 1. The lowest BCUT2D eigenvalue weighted by atomic mass is 10.2. The van der Waals surface area contributed by atoms with Crippen molar-refractivity contribution in [2.24, 2.45) is 0 Å². The van der Waals surface area contributed by atoms with Crippen LogP contribution in [0.15, 0.2) is 23.0 Å². The molecule has 0 aromatic carbocycles. The van der Waals surface area contributed by atoms with Crippen molar-refractivity contribution >= 4 is 5.97 Å². The maximum absolute atomic E-state index is 11.4. The summed E-state index contributed by atoms with van der Waals surface area (Å²) in [5.41, 5.74) is -0.332. The quantitative estimate of drug-likeness (QED) is 0.757. The van der Waals surface area contributed by atoms with Gasteiger partial charge in [-0.2, -0.15) is 5.26 Å². The van der Waals surface area contributed by atoms with Crippen LogP contribution in [-0.4, -0.2) is 15.6 Å². The van der Waals surface area contributed by atoms with Crippen LogP contribution >= 0.6 is 0 Å². The molecule has 0 saturated heterocycles. The molecule has 1 aromatic rings. The Morgan fingerprint density at radius 2 is 2.19 bits per heavy atom. The maximum atomic E-state index is 11.4. The molecule has 0 amide bonds. The smallest absolute Gasteiger partial charge is 0.352 e. The Bertz CT molecular complexity index is 471. The van der Waals surface area contributed by atoms with Gasteiger partial charge in [-0.15, -0.1) is 0 Å². The summed E-state index contributed by atoms with van der Waals surface area (Å²) in [6, 6.07) is 6.16. The Kier molecular flexibility index (Phi) is 4.28. The van der Waals surface area contributed by atoms with Crippen LogP contribution in [0.1, 0.15) is 29.8 Å². The molecule has 0 radical (unpaired) electrons. The summed E-state index contributed by atoms with van der Waals surface area (Å²) in [7, 11) is 0. The van der Waals surface area contributed by atoms with Crippen LogP contribution in [0.5, 0.6) is 0 Å². The van der Waals surface area contributed by atoms with Crippen LogP contribution in [0.2, 0.25) is 0 Å². The molecule has 0 aliphatic carbocycles. The third-order valence-electron chi connectivity index (χ3n) is 2.19. The number of pyridine rings is 1. The summed E-state index contributed by atoms with van der Waals surface area (Å²) >= 11 is 0. The number of aromatic carboxylic acids is 1. The zero-order chi connectivity index (χ0) is 12.0. The number of carboxylic acids is 1. The van der Waals surface area contributed by atoms with Crippen molar-refractivity contribution in [2.45, 2.75) is 25.8 Å². The van der Waals surface area contributed by atoms with Crippen molar-refractivity contribution in [2.75, 3.05) is 0 Å². The molecule has 1 heterocycles. The maximum Gasteiger partial charge on any atom is 0.352 e. The monoisotopic (exact) mass is 220 g/mol. The van der Waals surface area contributed by atoms with Crippen LogP contribution in [0, 0.1) is 11.3 Å². The molecular formula is C11H12N2O3. The molecule has 1 rings (SSSR count). The fourth-order valence-electron chi connectivity index (χ4n) is 1.41. The Labute approximate surface area is 92.6 Å². The summed E-state index contributed by atoms with van der Waals surface area (Å²) in [4.78, 5) is 22.3. The molecule has 0 unspecified atom stereocenters. The van der Waals surface area contributed by atoms with E-state index in [1.807, 2.05) is 6.07 Å². The fourth-order valence-corrected chi connectivity index (χ4v) is 1.41. The topological polar surface area (TPSA) is 83.1 Å². The average molecular weight is 220 g/mol. The molecule has 5 heteroatoms.